The van der Waals surface area contributed by atoms with Gasteiger partial charge >= 0.3 is 12.7 Å². The van der Waals surface area contributed by atoms with E-state index < -0.39 is 35.7 Å². The first-order chi connectivity index (χ1) is 16.7. The second-order valence-corrected chi connectivity index (χ2v) is 8.63. The molecular weight excluding hydrogens is 477 g/mol. The molecule has 0 bridgehead atoms. The third-order valence-corrected chi connectivity index (χ3v) is 6.10. The average molecular weight is 504 g/mol. The van der Waals surface area contributed by atoms with Crippen LogP contribution in [-0.2, 0) is 12.5 Å². The van der Waals surface area contributed by atoms with Gasteiger partial charge in [-0.1, -0.05) is 12.2 Å². The number of rotatable bonds is 11. The summed E-state index contributed by atoms with van der Waals surface area (Å²) in [5.74, 6) is -2.82. The highest BCUT2D eigenvalue weighted by Gasteiger charge is 2.41. The van der Waals surface area contributed by atoms with Crippen molar-refractivity contribution in [2.24, 2.45) is 11.8 Å². The van der Waals surface area contributed by atoms with E-state index in [2.05, 4.69) is 9.47 Å². The topological polar surface area (TPSA) is 18.5 Å². The Hall–Kier alpha value is -2.71. The molecule has 1 fully saturated rings. The van der Waals surface area contributed by atoms with Crippen LogP contribution in [0.2, 0.25) is 0 Å². The summed E-state index contributed by atoms with van der Waals surface area (Å²) in [6, 6.07) is 5.59. The van der Waals surface area contributed by atoms with Gasteiger partial charge in [-0.15, -0.1) is 0 Å². The van der Waals surface area contributed by atoms with Crippen molar-refractivity contribution in [2.75, 3.05) is 6.67 Å². The Kier molecular flexibility index (Phi) is 9.46. The summed E-state index contributed by atoms with van der Waals surface area (Å²) < 4.78 is 103. The lowest BCUT2D eigenvalue weighted by Crippen LogP contribution is -2.25. The molecule has 0 radical (unpaired) electrons. The van der Waals surface area contributed by atoms with Crippen LogP contribution in [0, 0.1) is 23.5 Å². The first kappa shape index (κ1) is 26.9. The zero-order valence-corrected chi connectivity index (χ0v) is 19.0. The number of ether oxygens (including phenoxy) is 2. The van der Waals surface area contributed by atoms with Crippen molar-refractivity contribution in [3.8, 4) is 11.5 Å². The Balaban J connectivity index is 1.58. The predicted octanol–water partition coefficient (Wildman–Crippen LogP) is 8.35. The molecule has 2 aromatic carbocycles. The van der Waals surface area contributed by atoms with Crippen LogP contribution in [0.3, 0.4) is 0 Å². The van der Waals surface area contributed by atoms with E-state index in [4.69, 9.17) is 0 Å². The molecule has 35 heavy (non-hydrogen) atoms. The molecule has 0 spiro atoms. The quantitative estimate of drug-likeness (QED) is 0.226. The van der Waals surface area contributed by atoms with Crippen LogP contribution in [-0.4, -0.2) is 13.3 Å². The van der Waals surface area contributed by atoms with E-state index in [0.29, 0.717) is 31.1 Å². The number of hydrogen-bond acceptors (Lipinski definition) is 2. The summed E-state index contributed by atoms with van der Waals surface area (Å²) >= 11 is 0. The molecule has 0 aliphatic heterocycles. The second-order valence-electron chi connectivity index (χ2n) is 8.63. The maximum absolute atomic E-state index is 14.6. The fourth-order valence-electron chi connectivity index (χ4n) is 4.33. The largest absolute Gasteiger partial charge is 0.435 e. The highest BCUT2D eigenvalue weighted by Crippen LogP contribution is 2.37. The minimum absolute atomic E-state index is 0.276. The number of benzene rings is 2. The van der Waals surface area contributed by atoms with Crippen molar-refractivity contribution < 1.29 is 40.2 Å². The van der Waals surface area contributed by atoms with Gasteiger partial charge in [-0.05, 0) is 98.7 Å². The van der Waals surface area contributed by atoms with Crippen LogP contribution in [0.1, 0.15) is 49.7 Å². The summed E-state index contributed by atoms with van der Waals surface area (Å²) in [5, 5.41) is 0. The van der Waals surface area contributed by atoms with E-state index in [1.54, 1.807) is 0 Å². The highest BCUT2D eigenvalue weighted by molar-refractivity contribution is 5.33. The maximum atomic E-state index is 14.6. The summed E-state index contributed by atoms with van der Waals surface area (Å²) in [7, 11) is 0. The Bertz CT molecular complexity index is 945. The van der Waals surface area contributed by atoms with Crippen molar-refractivity contribution in [3.63, 3.8) is 0 Å². The molecule has 0 aromatic heterocycles. The fraction of sp³-hybridized carbons (Fsp3) is 0.462. The molecule has 0 amide bonds. The molecular formula is C26H27F7O2. The van der Waals surface area contributed by atoms with Crippen LogP contribution in [0.5, 0.6) is 11.5 Å². The molecule has 2 nitrogen and oxygen atoms in total. The molecule has 1 saturated carbocycles. The fourth-order valence-corrected chi connectivity index (χ4v) is 4.33. The van der Waals surface area contributed by atoms with Crippen molar-refractivity contribution >= 4 is 0 Å². The lowest BCUT2D eigenvalue weighted by Gasteiger charge is -2.27. The van der Waals surface area contributed by atoms with E-state index in [1.165, 1.54) is 0 Å². The molecule has 0 unspecified atom stereocenters. The summed E-state index contributed by atoms with van der Waals surface area (Å²) in [6.07, 6.45) is 4.84. The van der Waals surface area contributed by atoms with Crippen molar-refractivity contribution in [1.82, 2.24) is 0 Å². The first-order valence-electron chi connectivity index (χ1n) is 11.5. The molecule has 3 rings (SSSR count). The van der Waals surface area contributed by atoms with Gasteiger partial charge in [0, 0.05) is 0 Å². The van der Waals surface area contributed by atoms with Gasteiger partial charge in [-0.3, -0.25) is 4.39 Å². The van der Waals surface area contributed by atoms with Crippen molar-refractivity contribution in [2.45, 2.75) is 57.7 Å². The van der Waals surface area contributed by atoms with Gasteiger partial charge < -0.3 is 9.47 Å². The molecule has 0 heterocycles. The van der Waals surface area contributed by atoms with Gasteiger partial charge in [0.25, 0.3) is 0 Å². The third kappa shape index (κ3) is 7.90. The SMILES string of the molecule is FCC/C=C/C1CCC(CCc2cc(F)c(C(F)(F)Oc3ccc(OC(F)F)cc3)c(F)c2)CC1. The first-order valence-corrected chi connectivity index (χ1v) is 11.5. The summed E-state index contributed by atoms with van der Waals surface area (Å²) in [5.41, 5.74) is -1.24. The van der Waals surface area contributed by atoms with Crippen LogP contribution >= 0.6 is 0 Å². The van der Waals surface area contributed by atoms with E-state index in [0.717, 1.165) is 62.1 Å². The molecule has 192 valence electrons. The molecule has 1 aliphatic rings. The lowest BCUT2D eigenvalue weighted by atomic mass is 9.79. The monoisotopic (exact) mass is 504 g/mol. The van der Waals surface area contributed by atoms with Gasteiger partial charge in [-0.2, -0.15) is 17.6 Å². The normalized spacial score (nSPS) is 18.9. The standard InChI is InChI=1S/C26H27F7O2/c27-14-2-1-3-17-4-6-18(7-5-17)8-9-19-15-22(28)24(23(29)16-19)26(32,33)35-21-12-10-20(11-13-21)34-25(30)31/h1,3,10-13,15-18,25H,2,4-9,14H2/b3-1+. The second kappa shape index (κ2) is 12.3. The van der Waals surface area contributed by atoms with Gasteiger partial charge in [0.05, 0.1) is 6.67 Å². The molecule has 0 N–H and O–H groups in total. The van der Waals surface area contributed by atoms with Crippen molar-refractivity contribution in [3.05, 3.63) is 71.3 Å². The van der Waals surface area contributed by atoms with Gasteiger partial charge in [0.2, 0.25) is 0 Å². The summed E-state index contributed by atoms with van der Waals surface area (Å²) in [4.78, 5) is 0. The minimum Gasteiger partial charge on any atom is -0.435 e. The molecule has 0 atom stereocenters. The number of aryl methyl sites for hydroxylation is 1. The summed E-state index contributed by atoms with van der Waals surface area (Å²) in [6.45, 7) is -3.46. The predicted molar refractivity (Wildman–Crippen MR) is 117 cm³/mol. The minimum atomic E-state index is -4.33. The zero-order chi connectivity index (χ0) is 25.4. The maximum Gasteiger partial charge on any atom is 0.432 e. The smallest absolute Gasteiger partial charge is 0.432 e. The van der Waals surface area contributed by atoms with E-state index in [1.807, 2.05) is 12.2 Å². The number of alkyl halides is 5. The van der Waals surface area contributed by atoms with E-state index in [-0.39, 0.29) is 18.0 Å². The zero-order valence-electron chi connectivity index (χ0n) is 19.0. The van der Waals surface area contributed by atoms with Gasteiger partial charge in [-0.25, -0.2) is 8.78 Å². The number of allylic oxidation sites excluding steroid dienone is 2. The Morgan fingerprint density at radius 2 is 1.54 bits per heavy atom. The van der Waals surface area contributed by atoms with Crippen LogP contribution < -0.4 is 9.47 Å². The molecule has 1 aliphatic carbocycles. The van der Waals surface area contributed by atoms with Crippen LogP contribution in [0.4, 0.5) is 30.7 Å². The van der Waals surface area contributed by atoms with Crippen LogP contribution in [0.25, 0.3) is 0 Å². The lowest BCUT2D eigenvalue weighted by molar-refractivity contribution is -0.189. The average Bonchev–Trinajstić information content (AvgIpc) is 2.79. The van der Waals surface area contributed by atoms with E-state index >= 15 is 0 Å². The Morgan fingerprint density at radius 3 is 2.11 bits per heavy atom. The molecule has 9 heteroatoms. The van der Waals surface area contributed by atoms with Gasteiger partial charge in [0.15, 0.2) is 0 Å². The highest BCUT2D eigenvalue weighted by atomic mass is 19.3. The van der Waals surface area contributed by atoms with Gasteiger partial charge in [0.1, 0.15) is 28.7 Å². The molecule has 2 aromatic rings. The number of halogens is 7. The Labute approximate surface area is 199 Å². The Morgan fingerprint density at radius 1 is 0.943 bits per heavy atom. The van der Waals surface area contributed by atoms with Crippen LogP contribution in [0.15, 0.2) is 48.6 Å². The van der Waals surface area contributed by atoms with E-state index in [9.17, 15) is 30.7 Å². The number of hydrogen-bond donors (Lipinski definition) is 0. The van der Waals surface area contributed by atoms with Crippen molar-refractivity contribution in [1.29, 1.82) is 0 Å². The third-order valence-electron chi connectivity index (χ3n) is 6.10. The molecule has 0 saturated heterocycles.